The summed E-state index contributed by atoms with van der Waals surface area (Å²) in [7, 11) is 0. The standard InChI is InChI=1S/C25H25F2N3O5/c1-13(2)33-19-7-6-14(11-20(19)34-25(26)27)24-28-23(29-35-24)17-5-3-4-16-18(17)10-15-12-21(32)30(8-9-31)22(15)16/h3-7,11,13,15,22,25,31H,8-10,12H2,1-2H3/t15-,22+/m0/s1. The van der Waals surface area contributed by atoms with Gasteiger partial charge in [0, 0.05) is 24.1 Å². The highest BCUT2D eigenvalue weighted by atomic mass is 19.3. The first-order valence-electron chi connectivity index (χ1n) is 11.5. The van der Waals surface area contributed by atoms with Crippen LogP contribution in [-0.4, -0.2) is 51.9 Å². The molecule has 2 heterocycles. The molecule has 1 saturated heterocycles. The number of carbonyl (C=O) groups excluding carboxylic acids is 1. The van der Waals surface area contributed by atoms with Crippen LogP contribution in [0.4, 0.5) is 8.78 Å². The number of aromatic nitrogens is 2. The van der Waals surface area contributed by atoms with Gasteiger partial charge in [0.05, 0.1) is 18.8 Å². The smallest absolute Gasteiger partial charge is 0.387 e. The Balaban J connectivity index is 1.47. The molecule has 0 saturated carbocycles. The Kier molecular flexibility index (Phi) is 6.14. The number of hydrogen-bond acceptors (Lipinski definition) is 7. The predicted molar refractivity (Wildman–Crippen MR) is 121 cm³/mol. The number of ether oxygens (including phenoxy) is 2. The van der Waals surface area contributed by atoms with Crippen LogP contribution in [-0.2, 0) is 11.2 Å². The molecule has 1 N–H and O–H groups in total. The van der Waals surface area contributed by atoms with Gasteiger partial charge in [-0.25, -0.2) is 0 Å². The fraction of sp³-hybridized carbons (Fsp3) is 0.400. The van der Waals surface area contributed by atoms with Crippen LogP contribution in [0.15, 0.2) is 40.9 Å². The average Bonchev–Trinajstić information content (AvgIpc) is 3.49. The van der Waals surface area contributed by atoms with Gasteiger partial charge in [-0.2, -0.15) is 13.8 Å². The van der Waals surface area contributed by atoms with Crippen molar-refractivity contribution in [3.63, 3.8) is 0 Å². The number of β-amino-alcohol motifs (C(OH)–C–C–N with tert-alkyl or cyclic N) is 1. The number of alkyl halides is 2. The van der Waals surface area contributed by atoms with Crippen molar-refractivity contribution >= 4 is 5.91 Å². The predicted octanol–water partition coefficient (Wildman–Crippen LogP) is 4.23. The number of aliphatic hydroxyl groups excluding tert-OH is 1. The largest absolute Gasteiger partial charge is 0.487 e. The fourth-order valence-electron chi connectivity index (χ4n) is 5.05. The summed E-state index contributed by atoms with van der Waals surface area (Å²) in [5, 5.41) is 13.5. The van der Waals surface area contributed by atoms with Gasteiger partial charge in [0.2, 0.25) is 11.7 Å². The molecule has 1 fully saturated rings. The van der Waals surface area contributed by atoms with E-state index in [9.17, 15) is 18.7 Å². The van der Waals surface area contributed by atoms with Crippen LogP contribution in [0, 0.1) is 5.92 Å². The van der Waals surface area contributed by atoms with Crippen molar-refractivity contribution in [1.29, 1.82) is 0 Å². The molecule has 8 nitrogen and oxygen atoms in total. The van der Waals surface area contributed by atoms with Gasteiger partial charge in [-0.15, -0.1) is 0 Å². The number of carbonyl (C=O) groups is 1. The van der Waals surface area contributed by atoms with Crippen molar-refractivity contribution in [2.75, 3.05) is 13.2 Å². The van der Waals surface area contributed by atoms with Crippen molar-refractivity contribution in [3.05, 3.63) is 47.5 Å². The summed E-state index contributed by atoms with van der Waals surface area (Å²) < 4.78 is 41.6. The van der Waals surface area contributed by atoms with Crippen LogP contribution < -0.4 is 9.47 Å². The molecule has 1 aromatic heterocycles. The number of aliphatic hydroxyl groups is 1. The number of amides is 1. The Morgan fingerprint density at radius 2 is 2.00 bits per heavy atom. The van der Waals surface area contributed by atoms with E-state index in [1.807, 2.05) is 18.2 Å². The third-order valence-electron chi connectivity index (χ3n) is 6.31. The summed E-state index contributed by atoms with van der Waals surface area (Å²) >= 11 is 0. The molecule has 0 spiro atoms. The molecule has 1 aliphatic heterocycles. The first kappa shape index (κ1) is 23.2. The molecule has 0 radical (unpaired) electrons. The zero-order valence-corrected chi connectivity index (χ0v) is 19.3. The Morgan fingerprint density at radius 3 is 2.74 bits per heavy atom. The maximum absolute atomic E-state index is 13.0. The summed E-state index contributed by atoms with van der Waals surface area (Å²) in [5.41, 5.74) is 3.29. The van der Waals surface area contributed by atoms with Crippen LogP contribution in [0.1, 0.15) is 37.4 Å². The summed E-state index contributed by atoms with van der Waals surface area (Å²) in [6.45, 7) is 0.777. The number of nitrogens with zero attached hydrogens (tertiary/aromatic N) is 3. The second-order valence-corrected chi connectivity index (χ2v) is 8.93. The number of rotatable bonds is 8. The van der Waals surface area contributed by atoms with E-state index in [-0.39, 0.29) is 48.0 Å². The van der Waals surface area contributed by atoms with E-state index in [0.29, 0.717) is 30.8 Å². The topological polar surface area (TPSA) is 97.9 Å². The minimum absolute atomic E-state index is 0.0543. The summed E-state index contributed by atoms with van der Waals surface area (Å²) in [4.78, 5) is 18.7. The molecule has 1 amide bonds. The molecule has 1 aliphatic carbocycles. The molecule has 2 atom stereocenters. The van der Waals surface area contributed by atoms with E-state index in [4.69, 9.17) is 9.26 Å². The lowest BCUT2D eigenvalue weighted by Gasteiger charge is -2.24. The summed E-state index contributed by atoms with van der Waals surface area (Å²) in [6.07, 6.45) is 0.911. The zero-order valence-electron chi connectivity index (χ0n) is 19.3. The van der Waals surface area contributed by atoms with Crippen LogP contribution >= 0.6 is 0 Å². The maximum Gasteiger partial charge on any atom is 0.387 e. The van der Waals surface area contributed by atoms with Gasteiger partial charge in [-0.1, -0.05) is 23.4 Å². The summed E-state index contributed by atoms with van der Waals surface area (Å²) in [6, 6.07) is 10.3. The van der Waals surface area contributed by atoms with Gasteiger partial charge in [0.25, 0.3) is 5.89 Å². The van der Waals surface area contributed by atoms with Crippen LogP contribution in [0.2, 0.25) is 0 Å². The van der Waals surface area contributed by atoms with Crippen molar-refractivity contribution in [2.45, 2.75) is 45.4 Å². The molecule has 2 aromatic carbocycles. The first-order valence-corrected chi connectivity index (χ1v) is 11.5. The fourth-order valence-corrected chi connectivity index (χ4v) is 5.05. The highest BCUT2D eigenvalue weighted by molar-refractivity contribution is 5.81. The molecule has 0 bridgehead atoms. The SMILES string of the molecule is CC(C)Oc1ccc(-c2nc(-c3cccc4c3C[C@H]3CC(=O)N(CCO)[C@@H]43)no2)cc1OC(F)F. The quantitative estimate of drug-likeness (QED) is 0.510. The lowest BCUT2D eigenvalue weighted by molar-refractivity contribution is -0.129. The second-order valence-electron chi connectivity index (χ2n) is 8.93. The molecule has 3 aromatic rings. The van der Waals surface area contributed by atoms with Gasteiger partial charge < -0.3 is 24.0 Å². The third-order valence-corrected chi connectivity index (χ3v) is 6.31. The van der Waals surface area contributed by atoms with Crippen LogP contribution in [0.3, 0.4) is 0 Å². The van der Waals surface area contributed by atoms with E-state index >= 15 is 0 Å². The monoisotopic (exact) mass is 485 g/mol. The van der Waals surface area contributed by atoms with E-state index in [1.165, 1.54) is 12.1 Å². The second kappa shape index (κ2) is 9.26. The van der Waals surface area contributed by atoms with E-state index in [2.05, 4.69) is 14.9 Å². The molecular weight excluding hydrogens is 460 g/mol. The molecular formula is C25H25F2N3O5. The van der Waals surface area contributed by atoms with Crippen molar-refractivity contribution in [3.8, 4) is 34.3 Å². The molecule has 5 rings (SSSR count). The number of benzene rings is 2. The Morgan fingerprint density at radius 1 is 1.17 bits per heavy atom. The molecule has 2 aliphatic rings. The Bertz CT molecular complexity index is 1250. The van der Waals surface area contributed by atoms with Gasteiger partial charge in [-0.05, 0) is 55.5 Å². The number of hydrogen-bond donors (Lipinski definition) is 1. The van der Waals surface area contributed by atoms with Gasteiger partial charge in [-0.3, -0.25) is 4.79 Å². The minimum Gasteiger partial charge on any atom is -0.487 e. The number of likely N-dealkylation sites (tertiary alicyclic amines) is 1. The van der Waals surface area contributed by atoms with Gasteiger partial charge >= 0.3 is 6.61 Å². The number of fused-ring (bicyclic) bond motifs is 3. The minimum atomic E-state index is -3.01. The van der Waals surface area contributed by atoms with E-state index in [0.717, 1.165) is 16.7 Å². The third kappa shape index (κ3) is 4.34. The molecule has 184 valence electrons. The zero-order chi connectivity index (χ0) is 24.7. The number of halogens is 2. The first-order chi connectivity index (χ1) is 16.9. The highest BCUT2D eigenvalue weighted by Gasteiger charge is 2.46. The molecule has 10 heteroatoms. The lowest BCUT2D eigenvalue weighted by Crippen LogP contribution is -2.30. The van der Waals surface area contributed by atoms with Crippen LogP contribution in [0.5, 0.6) is 11.5 Å². The van der Waals surface area contributed by atoms with Gasteiger partial charge in [0.1, 0.15) is 0 Å². The molecule has 0 unspecified atom stereocenters. The van der Waals surface area contributed by atoms with E-state index in [1.54, 1.807) is 24.8 Å². The average molecular weight is 485 g/mol. The Labute approximate surface area is 200 Å². The van der Waals surface area contributed by atoms with Crippen LogP contribution in [0.25, 0.3) is 22.8 Å². The molecule has 35 heavy (non-hydrogen) atoms. The van der Waals surface area contributed by atoms with Crippen molar-refractivity contribution in [2.24, 2.45) is 5.92 Å². The van der Waals surface area contributed by atoms with Gasteiger partial charge in [0.15, 0.2) is 11.5 Å². The van der Waals surface area contributed by atoms with Crippen molar-refractivity contribution < 1.29 is 32.7 Å². The lowest BCUT2D eigenvalue weighted by atomic mass is 10.0. The normalized spacial score (nSPS) is 18.9. The van der Waals surface area contributed by atoms with Crippen molar-refractivity contribution in [1.82, 2.24) is 15.0 Å². The summed E-state index contributed by atoms with van der Waals surface area (Å²) in [5.74, 6) is 0.794. The Hall–Kier alpha value is -3.53. The highest BCUT2D eigenvalue weighted by Crippen LogP contribution is 2.49. The van der Waals surface area contributed by atoms with E-state index < -0.39 is 6.61 Å². The maximum atomic E-state index is 13.0.